The quantitative estimate of drug-likeness (QED) is 0.631. The van der Waals surface area contributed by atoms with E-state index in [0.29, 0.717) is 12.2 Å². The van der Waals surface area contributed by atoms with Crippen molar-refractivity contribution in [1.82, 2.24) is 0 Å². The summed E-state index contributed by atoms with van der Waals surface area (Å²) in [5.41, 5.74) is 21.3. The standard InChI is InChI=1S/C15H18N4/c16-12-3-6-14(7-4-12)19-9-1-2-11-10-13(17)5-8-15(11)18/h1-8,10,19H,9,16-18H2. The summed E-state index contributed by atoms with van der Waals surface area (Å²) in [5, 5.41) is 3.26. The van der Waals surface area contributed by atoms with E-state index in [0.717, 1.165) is 22.6 Å². The molecule has 2 aromatic rings. The summed E-state index contributed by atoms with van der Waals surface area (Å²) >= 11 is 0. The van der Waals surface area contributed by atoms with Crippen LogP contribution in [0.25, 0.3) is 6.08 Å². The second-order valence-corrected chi connectivity index (χ2v) is 4.29. The van der Waals surface area contributed by atoms with Gasteiger partial charge in [-0.2, -0.15) is 0 Å². The van der Waals surface area contributed by atoms with E-state index < -0.39 is 0 Å². The van der Waals surface area contributed by atoms with E-state index in [1.165, 1.54) is 0 Å². The van der Waals surface area contributed by atoms with E-state index in [2.05, 4.69) is 5.32 Å². The zero-order chi connectivity index (χ0) is 13.7. The summed E-state index contributed by atoms with van der Waals surface area (Å²) in [6, 6.07) is 13.1. The lowest BCUT2D eigenvalue weighted by atomic mass is 10.1. The van der Waals surface area contributed by atoms with Crippen LogP contribution in [0.15, 0.2) is 48.5 Å². The van der Waals surface area contributed by atoms with Crippen molar-refractivity contribution in [3.8, 4) is 0 Å². The van der Waals surface area contributed by atoms with Crippen molar-refractivity contribution < 1.29 is 0 Å². The minimum absolute atomic E-state index is 0.707. The molecule has 98 valence electrons. The fourth-order valence-electron chi connectivity index (χ4n) is 1.70. The Morgan fingerprint density at radius 2 is 1.58 bits per heavy atom. The number of hydrogen-bond acceptors (Lipinski definition) is 4. The van der Waals surface area contributed by atoms with Crippen molar-refractivity contribution in [1.29, 1.82) is 0 Å². The largest absolute Gasteiger partial charge is 0.399 e. The van der Waals surface area contributed by atoms with Crippen LogP contribution in [0.5, 0.6) is 0 Å². The number of nitrogens with one attached hydrogen (secondary N) is 1. The molecule has 0 unspecified atom stereocenters. The van der Waals surface area contributed by atoms with Crippen molar-refractivity contribution in [2.45, 2.75) is 0 Å². The van der Waals surface area contributed by atoms with Gasteiger partial charge in [0, 0.05) is 29.3 Å². The summed E-state index contributed by atoms with van der Waals surface area (Å²) in [5.74, 6) is 0. The average molecular weight is 254 g/mol. The highest BCUT2D eigenvalue weighted by Crippen LogP contribution is 2.17. The number of rotatable bonds is 4. The van der Waals surface area contributed by atoms with Gasteiger partial charge in [-0.1, -0.05) is 12.2 Å². The zero-order valence-electron chi connectivity index (χ0n) is 10.6. The van der Waals surface area contributed by atoms with Crippen molar-refractivity contribution >= 4 is 28.8 Å². The average Bonchev–Trinajstić information content (AvgIpc) is 2.40. The van der Waals surface area contributed by atoms with E-state index in [-0.39, 0.29) is 0 Å². The SMILES string of the molecule is Nc1ccc(NCC=Cc2cc(N)ccc2N)cc1. The summed E-state index contributed by atoms with van der Waals surface area (Å²) in [4.78, 5) is 0. The van der Waals surface area contributed by atoms with Crippen molar-refractivity contribution in [2.24, 2.45) is 0 Å². The predicted molar refractivity (Wildman–Crippen MR) is 83.6 cm³/mol. The molecule has 0 radical (unpaired) electrons. The first kappa shape index (κ1) is 12.8. The van der Waals surface area contributed by atoms with Crippen LogP contribution >= 0.6 is 0 Å². The second kappa shape index (κ2) is 5.82. The Kier molecular flexibility index (Phi) is 3.93. The molecule has 4 nitrogen and oxygen atoms in total. The number of nitrogens with two attached hydrogens (primary N) is 3. The van der Waals surface area contributed by atoms with Crippen LogP contribution in [0, 0.1) is 0 Å². The van der Waals surface area contributed by atoms with E-state index in [4.69, 9.17) is 17.2 Å². The number of anilines is 4. The van der Waals surface area contributed by atoms with Gasteiger partial charge in [0.2, 0.25) is 0 Å². The molecule has 0 amide bonds. The Hall–Kier alpha value is -2.62. The highest BCUT2D eigenvalue weighted by Gasteiger charge is 1.95. The number of hydrogen-bond donors (Lipinski definition) is 4. The Labute approximate surface area is 112 Å². The van der Waals surface area contributed by atoms with Gasteiger partial charge in [0.15, 0.2) is 0 Å². The van der Waals surface area contributed by atoms with Crippen LogP contribution in [0.1, 0.15) is 5.56 Å². The van der Waals surface area contributed by atoms with Crippen LogP contribution in [0.3, 0.4) is 0 Å². The van der Waals surface area contributed by atoms with Crippen molar-refractivity contribution in [3.05, 3.63) is 54.1 Å². The van der Waals surface area contributed by atoms with Gasteiger partial charge in [-0.05, 0) is 48.0 Å². The Morgan fingerprint density at radius 3 is 2.32 bits per heavy atom. The maximum absolute atomic E-state index is 5.86. The van der Waals surface area contributed by atoms with Gasteiger partial charge in [0.25, 0.3) is 0 Å². The topological polar surface area (TPSA) is 90.1 Å². The summed E-state index contributed by atoms with van der Waals surface area (Å²) in [6.45, 7) is 0.707. The Morgan fingerprint density at radius 1 is 0.895 bits per heavy atom. The highest BCUT2D eigenvalue weighted by molar-refractivity contribution is 5.68. The lowest BCUT2D eigenvalue weighted by Gasteiger charge is -2.04. The molecule has 0 aliphatic heterocycles. The lowest BCUT2D eigenvalue weighted by Crippen LogP contribution is -1.98. The number of benzene rings is 2. The molecule has 0 aliphatic rings. The number of nitrogen functional groups attached to an aromatic ring is 3. The normalized spacial score (nSPS) is 10.7. The highest BCUT2D eigenvalue weighted by atomic mass is 14.9. The van der Waals surface area contributed by atoms with E-state index >= 15 is 0 Å². The van der Waals surface area contributed by atoms with Gasteiger partial charge < -0.3 is 22.5 Å². The second-order valence-electron chi connectivity index (χ2n) is 4.29. The van der Waals surface area contributed by atoms with Crippen LogP contribution in [0.2, 0.25) is 0 Å². The molecule has 0 spiro atoms. The van der Waals surface area contributed by atoms with Crippen LogP contribution in [0.4, 0.5) is 22.7 Å². The third-order valence-corrected chi connectivity index (χ3v) is 2.74. The molecule has 0 aliphatic carbocycles. The fourth-order valence-corrected chi connectivity index (χ4v) is 1.70. The first-order valence-electron chi connectivity index (χ1n) is 6.06. The van der Waals surface area contributed by atoms with Gasteiger partial charge in [-0.25, -0.2) is 0 Å². The molecule has 4 heteroatoms. The van der Waals surface area contributed by atoms with Crippen LogP contribution in [-0.4, -0.2) is 6.54 Å². The minimum atomic E-state index is 0.707. The molecule has 2 rings (SSSR count). The van der Waals surface area contributed by atoms with Gasteiger partial charge in [-0.15, -0.1) is 0 Å². The van der Waals surface area contributed by atoms with Crippen LogP contribution < -0.4 is 22.5 Å². The molecule has 7 N–H and O–H groups in total. The summed E-state index contributed by atoms with van der Waals surface area (Å²) < 4.78 is 0. The van der Waals surface area contributed by atoms with Gasteiger partial charge in [-0.3, -0.25) is 0 Å². The van der Waals surface area contributed by atoms with Gasteiger partial charge in [0.1, 0.15) is 0 Å². The Bertz CT molecular complexity index is 573. The monoisotopic (exact) mass is 254 g/mol. The smallest absolute Gasteiger partial charge is 0.0389 e. The van der Waals surface area contributed by atoms with Crippen molar-refractivity contribution in [3.63, 3.8) is 0 Å². The first-order chi connectivity index (χ1) is 9.15. The maximum atomic E-state index is 5.86. The fraction of sp³-hybridized carbons (Fsp3) is 0.0667. The van der Waals surface area contributed by atoms with E-state index in [1.807, 2.05) is 48.6 Å². The molecule has 0 aromatic heterocycles. The molecular formula is C15H18N4. The molecule has 0 bridgehead atoms. The third-order valence-electron chi connectivity index (χ3n) is 2.74. The van der Waals surface area contributed by atoms with Crippen molar-refractivity contribution in [2.75, 3.05) is 29.1 Å². The van der Waals surface area contributed by atoms with Gasteiger partial charge >= 0.3 is 0 Å². The summed E-state index contributed by atoms with van der Waals surface area (Å²) in [6.07, 6.45) is 3.96. The van der Waals surface area contributed by atoms with E-state index in [9.17, 15) is 0 Å². The zero-order valence-corrected chi connectivity index (χ0v) is 10.6. The molecule has 0 heterocycles. The third kappa shape index (κ3) is 3.67. The minimum Gasteiger partial charge on any atom is -0.399 e. The Balaban J connectivity index is 1.93. The predicted octanol–water partition coefficient (Wildman–Crippen LogP) is 2.56. The molecule has 0 atom stereocenters. The maximum Gasteiger partial charge on any atom is 0.0389 e. The van der Waals surface area contributed by atoms with E-state index in [1.54, 1.807) is 6.07 Å². The summed E-state index contributed by atoms with van der Waals surface area (Å²) in [7, 11) is 0. The first-order valence-corrected chi connectivity index (χ1v) is 6.06. The molecular weight excluding hydrogens is 236 g/mol. The van der Waals surface area contributed by atoms with Gasteiger partial charge in [0.05, 0.1) is 0 Å². The molecule has 0 saturated heterocycles. The molecule has 2 aromatic carbocycles. The van der Waals surface area contributed by atoms with Crippen LogP contribution in [-0.2, 0) is 0 Å². The molecule has 0 saturated carbocycles. The lowest BCUT2D eigenvalue weighted by molar-refractivity contribution is 1.34. The molecule has 19 heavy (non-hydrogen) atoms. The molecule has 0 fully saturated rings.